The standard InChI is InChI=1S/C14H19BrN2O.ClH/c1-10-13(6-3-7-16-10)17-14(18)9-11-4-2-5-12(15)8-11;/h2,4-5,8,10,13,16H,3,6-7,9H2,1H3,(H,17,18);1H. The summed E-state index contributed by atoms with van der Waals surface area (Å²) in [7, 11) is 0. The fourth-order valence-electron chi connectivity index (χ4n) is 2.33. The maximum absolute atomic E-state index is 12.0. The summed E-state index contributed by atoms with van der Waals surface area (Å²) in [5.41, 5.74) is 1.04. The quantitative estimate of drug-likeness (QED) is 0.882. The van der Waals surface area contributed by atoms with Crippen LogP contribution in [0.5, 0.6) is 0 Å². The van der Waals surface area contributed by atoms with Crippen molar-refractivity contribution in [2.24, 2.45) is 0 Å². The van der Waals surface area contributed by atoms with Crippen molar-refractivity contribution in [3.63, 3.8) is 0 Å². The van der Waals surface area contributed by atoms with Crippen LogP contribution in [0, 0.1) is 0 Å². The van der Waals surface area contributed by atoms with Crippen molar-refractivity contribution < 1.29 is 4.79 Å². The molecular formula is C14H20BrClN2O. The zero-order valence-electron chi connectivity index (χ0n) is 11.0. The highest BCUT2D eigenvalue weighted by atomic mass is 79.9. The molecule has 3 nitrogen and oxygen atoms in total. The number of carbonyl (C=O) groups excluding carboxylic acids is 1. The Balaban J connectivity index is 0.00000180. The Hall–Kier alpha value is -0.580. The van der Waals surface area contributed by atoms with E-state index in [1.807, 2.05) is 24.3 Å². The van der Waals surface area contributed by atoms with E-state index in [9.17, 15) is 4.79 Å². The van der Waals surface area contributed by atoms with Gasteiger partial charge in [-0.05, 0) is 44.0 Å². The van der Waals surface area contributed by atoms with Gasteiger partial charge in [-0.1, -0.05) is 28.1 Å². The van der Waals surface area contributed by atoms with Crippen molar-refractivity contribution in [1.82, 2.24) is 10.6 Å². The second-order valence-electron chi connectivity index (χ2n) is 4.87. The van der Waals surface area contributed by atoms with E-state index in [-0.39, 0.29) is 24.4 Å². The molecule has 0 spiro atoms. The van der Waals surface area contributed by atoms with Crippen LogP contribution in [0.4, 0.5) is 0 Å². The van der Waals surface area contributed by atoms with E-state index in [0.29, 0.717) is 12.5 Å². The van der Waals surface area contributed by atoms with Gasteiger partial charge in [-0.2, -0.15) is 0 Å². The highest BCUT2D eigenvalue weighted by Gasteiger charge is 2.22. The second-order valence-corrected chi connectivity index (χ2v) is 5.78. The van der Waals surface area contributed by atoms with Crippen LogP contribution in [-0.4, -0.2) is 24.5 Å². The lowest BCUT2D eigenvalue weighted by Crippen LogP contribution is -2.52. The van der Waals surface area contributed by atoms with Crippen LogP contribution >= 0.6 is 28.3 Å². The molecule has 1 aromatic carbocycles. The molecule has 2 rings (SSSR count). The van der Waals surface area contributed by atoms with Gasteiger partial charge in [-0.3, -0.25) is 4.79 Å². The molecule has 5 heteroatoms. The van der Waals surface area contributed by atoms with E-state index in [4.69, 9.17) is 0 Å². The molecule has 106 valence electrons. The largest absolute Gasteiger partial charge is 0.352 e. The van der Waals surface area contributed by atoms with Crippen LogP contribution in [0.2, 0.25) is 0 Å². The number of piperidine rings is 1. The van der Waals surface area contributed by atoms with Gasteiger partial charge in [0.1, 0.15) is 0 Å². The second kappa shape index (κ2) is 7.88. The summed E-state index contributed by atoms with van der Waals surface area (Å²) in [5.74, 6) is 0.105. The van der Waals surface area contributed by atoms with Crippen LogP contribution in [-0.2, 0) is 11.2 Å². The highest BCUT2D eigenvalue weighted by Crippen LogP contribution is 2.13. The van der Waals surface area contributed by atoms with Crippen LogP contribution in [0.1, 0.15) is 25.3 Å². The summed E-state index contributed by atoms with van der Waals surface area (Å²) in [4.78, 5) is 12.0. The Bertz CT molecular complexity index is 428. The number of hydrogen-bond acceptors (Lipinski definition) is 2. The lowest BCUT2D eigenvalue weighted by atomic mass is 9.99. The normalized spacial score (nSPS) is 22.4. The van der Waals surface area contributed by atoms with Crippen molar-refractivity contribution in [2.45, 2.75) is 38.3 Å². The molecule has 2 N–H and O–H groups in total. The lowest BCUT2D eigenvalue weighted by molar-refractivity contribution is -0.121. The number of amides is 1. The summed E-state index contributed by atoms with van der Waals surface area (Å²) >= 11 is 3.42. The van der Waals surface area contributed by atoms with Gasteiger partial charge >= 0.3 is 0 Å². The van der Waals surface area contributed by atoms with Crippen molar-refractivity contribution >= 4 is 34.2 Å². The van der Waals surface area contributed by atoms with E-state index in [1.54, 1.807) is 0 Å². The maximum Gasteiger partial charge on any atom is 0.224 e. The summed E-state index contributed by atoms with van der Waals surface area (Å²) in [6.07, 6.45) is 2.65. The van der Waals surface area contributed by atoms with Gasteiger partial charge in [0, 0.05) is 16.6 Å². The molecule has 0 aromatic heterocycles. The Kier molecular flexibility index (Phi) is 6.83. The maximum atomic E-state index is 12.0. The molecule has 1 aliphatic rings. The van der Waals surface area contributed by atoms with E-state index in [0.717, 1.165) is 29.4 Å². The van der Waals surface area contributed by atoms with Crippen molar-refractivity contribution in [3.8, 4) is 0 Å². The minimum atomic E-state index is 0. The zero-order valence-corrected chi connectivity index (χ0v) is 13.4. The third kappa shape index (κ3) is 5.13. The summed E-state index contributed by atoms with van der Waals surface area (Å²) in [5, 5.41) is 6.51. The van der Waals surface area contributed by atoms with Crippen LogP contribution in [0.15, 0.2) is 28.7 Å². The molecule has 1 amide bonds. The van der Waals surface area contributed by atoms with Gasteiger partial charge in [0.05, 0.1) is 6.42 Å². The molecule has 1 fully saturated rings. The molecule has 2 unspecified atom stereocenters. The zero-order chi connectivity index (χ0) is 13.0. The van der Waals surface area contributed by atoms with Crippen molar-refractivity contribution in [3.05, 3.63) is 34.3 Å². The molecule has 2 atom stereocenters. The average molecular weight is 348 g/mol. The highest BCUT2D eigenvalue weighted by molar-refractivity contribution is 9.10. The molecule has 1 saturated heterocycles. The average Bonchev–Trinajstić information content (AvgIpc) is 2.32. The van der Waals surface area contributed by atoms with Crippen LogP contribution in [0.25, 0.3) is 0 Å². The summed E-state index contributed by atoms with van der Waals surface area (Å²) in [6.45, 7) is 3.18. The third-order valence-corrected chi connectivity index (χ3v) is 3.86. The molecule has 0 saturated carbocycles. The Morgan fingerprint density at radius 2 is 2.32 bits per heavy atom. The van der Waals surface area contributed by atoms with E-state index in [1.165, 1.54) is 0 Å². The molecule has 1 aromatic rings. The Labute approximate surface area is 129 Å². The van der Waals surface area contributed by atoms with E-state index in [2.05, 4.69) is 33.5 Å². The van der Waals surface area contributed by atoms with Crippen LogP contribution in [0.3, 0.4) is 0 Å². The fourth-order valence-corrected chi connectivity index (χ4v) is 2.78. The SMILES string of the molecule is CC1NCCCC1NC(=O)Cc1cccc(Br)c1.Cl. The molecule has 19 heavy (non-hydrogen) atoms. The first-order valence-corrected chi connectivity index (χ1v) is 7.21. The number of benzene rings is 1. The molecule has 0 bridgehead atoms. The number of hydrogen-bond donors (Lipinski definition) is 2. The number of halogens is 2. The van der Waals surface area contributed by atoms with E-state index < -0.39 is 0 Å². The minimum absolute atomic E-state index is 0. The number of nitrogens with one attached hydrogen (secondary N) is 2. The summed E-state index contributed by atoms with van der Waals surface area (Å²) < 4.78 is 1.01. The molecule has 0 aliphatic carbocycles. The Morgan fingerprint density at radius 3 is 3.00 bits per heavy atom. The minimum Gasteiger partial charge on any atom is -0.352 e. The topological polar surface area (TPSA) is 41.1 Å². The fraction of sp³-hybridized carbons (Fsp3) is 0.500. The van der Waals surface area contributed by atoms with Gasteiger partial charge < -0.3 is 10.6 Å². The third-order valence-electron chi connectivity index (χ3n) is 3.36. The monoisotopic (exact) mass is 346 g/mol. The van der Waals surface area contributed by atoms with E-state index >= 15 is 0 Å². The Morgan fingerprint density at radius 1 is 1.53 bits per heavy atom. The first kappa shape index (κ1) is 16.5. The molecule has 1 aliphatic heterocycles. The summed E-state index contributed by atoms with van der Waals surface area (Å²) in [6, 6.07) is 8.52. The van der Waals surface area contributed by atoms with Gasteiger partial charge in [-0.25, -0.2) is 0 Å². The van der Waals surface area contributed by atoms with Crippen LogP contribution < -0.4 is 10.6 Å². The first-order valence-electron chi connectivity index (χ1n) is 6.42. The van der Waals surface area contributed by atoms with Gasteiger partial charge in [0.15, 0.2) is 0 Å². The van der Waals surface area contributed by atoms with Gasteiger partial charge in [-0.15, -0.1) is 12.4 Å². The molecule has 1 heterocycles. The molecular weight excluding hydrogens is 328 g/mol. The predicted octanol–water partition coefficient (Wildman–Crippen LogP) is 2.67. The van der Waals surface area contributed by atoms with Gasteiger partial charge in [0.2, 0.25) is 5.91 Å². The van der Waals surface area contributed by atoms with Crippen molar-refractivity contribution in [2.75, 3.05) is 6.54 Å². The van der Waals surface area contributed by atoms with Crippen molar-refractivity contribution in [1.29, 1.82) is 0 Å². The van der Waals surface area contributed by atoms with Gasteiger partial charge in [0.25, 0.3) is 0 Å². The number of rotatable bonds is 3. The predicted molar refractivity (Wildman–Crippen MR) is 83.7 cm³/mol. The smallest absolute Gasteiger partial charge is 0.224 e. The lowest BCUT2D eigenvalue weighted by Gasteiger charge is -2.30. The number of carbonyl (C=O) groups is 1. The first-order chi connectivity index (χ1) is 8.65. The molecule has 0 radical (unpaired) electrons.